The lowest BCUT2D eigenvalue weighted by atomic mass is 9.86. The minimum Gasteiger partial charge on any atom is -0.310 e. The Morgan fingerprint density at radius 2 is 2.00 bits per heavy atom. The molecule has 0 saturated carbocycles. The molecule has 1 aromatic carbocycles. The van der Waals surface area contributed by atoms with Crippen LogP contribution >= 0.6 is 23.2 Å². The molecule has 0 bridgehead atoms. The summed E-state index contributed by atoms with van der Waals surface area (Å²) in [5.74, 6) is 0.469. The molecule has 0 unspecified atom stereocenters. The number of carbonyl (C=O) groups excluding carboxylic acids is 1. The van der Waals surface area contributed by atoms with Crippen molar-refractivity contribution in [2.45, 2.75) is 19.3 Å². The van der Waals surface area contributed by atoms with E-state index in [0.29, 0.717) is 21.7 Å². The van der Waals surface area contributed by atoms with Gasteiger partial charge in [-0.2, -0.15) is 14.9 Å². The zero-order valence-corrected chi connectivity index (χ0v) is 15.1. The number of benzene rings is 1. The monoisotopic (exact) mass is 389 g/mol. The quantitative estimate of drug-likeness (QED) is 0.704. The van der Waals surface area contributed by atoms with E-state index in [1.807, 2.05) is 13.0 Å². The van der Waals surface area contributed by atoms with Crippen molar-refractivity contribution in [3.8, 4) is 5.82 Å². The molecule has 7 nitrogen and oxygen atoms in total. The molecule has 1 aliphatic heterocycles. The lowest BCUT2D eigenvalue weighted by molar-refractivity contribution is -0.116. The number of anilines is 1. The van der Waals surface area contributed by atoms with Crippen LogP contribution in [-0.2, 0) is 4.79 Å². The third-order valence-corrected chi connectivity index (χ3v) is 5.17. The Hall–Kier alpha value is -2.64. The van der Waals surface area contributed by atoms with Crippen LogP contribution in [0.4, 0.5) is 5.82 Å². The molecular formula is C17H13Cl2N5O2. The van der Waals surface area contributed by atoms with Gasteiger partial charge in [0.1, 0.15) is 5.82 Å². The highest BCUT2D eigenvalue weighted by Crippen LogP contribution is 2.43. The predicted octanol–water partition coefficient (Wildman–Crippen LogP) is 3.04. The average Bonchev–Trinajstić information content (AvgIpc) is 2.94. The summed E-state index contributed by atoms with van der Waals surface area (Å²) in [4.78, 5) is 23.6. The molecule has 3 heterocycles. The van der Waals surface area contributed by atoms with Gasteiger partial charge >= 0.3 is 0 Å². The number of nitrogens with one attached hydrogen (secondary N) is 2. The molecule has 0 saturated heterocycles. The first kappa shape index (κ1) is 16.8. The molecule has 2 N–H and O–H groups in total. The summed E-state index contributed by atoms with van der Waals surface area (Å²) in [6.07, 6.45) is 0.235. The second kappa shape index (κ2) is 6.26. The van der Waals surface area contributed by atoms with E-state index < -0.39 is 0 Å². The van der Waals surface area contributed by atoms with E-state index in [1.54, 1.807) is 12.1 Å². The lowest BCUT2D eigenvalue weighted by Gasteiger charge is -2.25. The third kappa shape index (κ3) is 2.69. The number of hydrogen-bond donors (Lipinski definition) is 2. The molecular weight excluding hydrogens is 377 g/mol. The van der Waals surface area contributed by atoms with Crippen LogP contribution in [0.5, 0.6) is 0 Å². The maximum atomic E-state index is 12.3. The van der Waals surface area contributed by atoms with E-state index in [4.69, 9.17) is 23.2 Å². The maximum Gasteiger partial charge on any atom is 0.264 e. The van der Waals surface area contributed by atoms with Gasteiger partial charge in [-0.15, -0.1) is 0 Å². The number of aromatic nitrogens is 4. The summed E-state index contributed by atoms with van der Waals surface area (Å²) >= 11 is 12.5. The second-order valence-corrected chi connectivity index (χ2v) is 6.77. The zero-order chi connectivity index (χ0) is 18.4. The van der Waals surface area contributed by atoms with Crippen molar-refractivity contribution in [3.05, 3.63) is 67.6 Å². The zero-order valence-electron chi connectivity index (χ0n) is 13.6. The number of aryl methyl sites for hydroxylation is 1. The molecule has 0 aliphatic carbocycles. The van der Waals surface area contributed by atoms with Crippen molar-refractivity contribution < 1.29 is 4.79 Å². The summed E-state index contributed by atoms with van der Waals surface area (Å²) in [7, 11) is 0. The first-order valence-corrected chi connectivity index (χ1v) is 8.60. The minimum absolute atomic E-state index is 0.163. The molecule has 0 fully saturated rings. The molecule has 1 amide bonds. The van der Waals surface area contributed by atoms with E-state index in [1.165, 1.54) is 16.8 Å². The van der Waals surface area contributed by atoms with Crippen molar-refractivity contribution >= 4 is 34.9 Å². The number of nitrogens with zero attached hydrogens (tertiary/aromatic N) is 3. The van der Waals surface area contributed by atoms with E-state index in [0.717, 1.165) is 16.8 Å². The number of H-pyrrole nitrogens is 1. The summed E-state index contributed by atoms with van der Waals surface area (Å²) in [5.41, 5.74) is 2.03. The van der Waals surface area contributed by atoms with Crippen LogP contribution in [-0.4, -0.2) is 25.9 Å². The average molecular weight is 390 g/mol. The normalized spacial score (nSPS) is 16.3. The van der Waals surface area contributed by atoms with Gasteiger partial charge in [0.15, 0.2) is 5.82 Å². The molecule has 132 valence electrons. The van der Waals surface area contributed by atoms with Crippen molar-refractivity contribution in [2.24, 2.45) is 0 Å². The van der Waals surface area contributed by atoms with E-state index in [9.17, 15) is 9.59 Å². The highest BCUT2D eigenvalue weighted by atomic mass is 35.5. The smallest absolute Gasteiger partial charge is 0.264 e. The molecule has 9 heteroatoms. The van der Waals surface area contributed by atoms with Gasteiger partial charge in [-0.3, -0.25) is 9.59 Å². The van der Waals surface area contributed by atoms with Crippen LogP contribution in [0.25, 0.3) is 5.82 Å². The second-order valence-electron chi connectivity index (χ2n) is 5.99. The van der Waals surface area contributed by atoms with Gasteiger partial charge < -0.3 is 5.32 Å². The Kier molecular flexibility index (Phi) is 4.05. The van der Waals surface area contributed by atoms with Crippen LogP contribution in [0, 0.1) is 6.92 Å². The number of rotatable bonds is 2. The molecule has 0 radical (unpaired) electrons. The minimum atomic E-state index is -0.320. The molecule has 1 aliphatic rings. The number of fused-ring (bicyclic) bond motifs is 1. The number of carbonyl (C=O) groups is 1. The van der Waals surface area contributed by atoms with Gasteiger partial charge in [0.25, 0.3) is 5.56 Å². The van der Waals surface area contributed by atoms with E-state index in [2.05, 4.69) is 20.6 Å². The van der Waals surface area contributed by atoms with Gasteiger partial charge in [0, 0.05) is 24.0 Å². The fourth-order valence-corrected chi connectivity index (χ4v) is 3.66. The van der Waals surface area contributed by atoms with Gasteiger partial charge in [-0.1, -0.05) is 35.3 Å². The molecule has 2 aromatic heterocycles. The standard InChI is InChI=1S/C17H13Cl2N5O2/c1-8-15-10(9-3-2-4-11(18)16(9)19)7-14(26)20-17(15)24(23-8)12-5-6-13(25)22-21-12/h2-6,10H,7H2,1H3,(H,20,26)(H,22,25)/t10-/m0/s1. The third-order valence-electron chi connectivity index (χ3n) is 4.34. The highest BCUT2D eigenvalue weighted by molar-refractivity contribution is 6.42. The Bertz CT molecular complexity index is 1070. The first-order chi connectivity index (χ1) is 12.5. The van der Waals surface area contributed by atoms with Crippen molar-refractivity contribution in [2.75, 3.05) is 5.32 Å². The molecule has 1 atom stereocenters. The van der Waals surface area contributed by atoms with Gasteiger partial charge in [-0.25, -0.2) is 5.10 Å². The fourth-order valence-electron chi connectivity index (χ4n) is 3.22. The van der Waals surface area contributed by atoms with E-state index in [-0.39, 0.29) is 23.8 Å². The van der Waals surface area contributed by atoms with Gasteiger partial charge in [0.2, 0.25) is 5.91 Å². The molecule has 3 aromatic rings. The largest absolute Gasteiger partial charge is 0.310 e. The van der Waals surface area contributed by atoms with Crippen molar-refractivity contribution in [1.82, 2.24) is 20.0 Å². The highest BCUT2D eigenvalue weighted by Gasteiger charge is 2.34. The van der Waals surface area contributed by atoms with Gasteiger partial charge in [0.05, 0.1) is 15.7 Å². The van der Waals surface area contributed by atoms with Crippen LogP contribution < -0.4 is 10.9 Å². The van der Waals surface area contributed by atoms with Gasteiger partial charge in [-0.05, 0) is 24.6 Å². The number of halogens is 2. The topological polar surface area (TPSA) is 92.7 Å². The maximum absolute atomic E-state index is 12.3. The predicted molar refractivity (Wildman–Crippen MR) is 98.3 cm³/mol. The summed E-state index contributed by atoms with van der Waals surface area (Å²) in [6.45, 7) is 1.85. The molecule has 0 spiro atoms. The Morgan fingerprint density at radius 1 is 1.19 bits per heavy atom. The molecule has 26 heavy (non-hydrogen) atoms. The van der Waals surface area contributed by atoms with Crippen molar-refractivity contribution in [1.29, 1.82) is 0 Å². The molecule has 4 rings (SSSR count). The summed E-state index contributed by atoms with van der Waals surface area (Å²) in [6, 6.07) is 8.25. The van der Waals surface area contributed by atoms with Crippen LogP contribution in [0.2, 0.25) is 10.0 Å². The number of amides is 1. The van der Waals surface area contributed by atoms with E-state index >= 15 is 0 Å². The van der Waals surface area contributed by atoms with Crippen molar-refractivity contribution in [3.63, 3.8) is 0 Å². The lowest BCUT2D eigenvalue weighted by Crippen LogP contribution is -2.25. The SMILES string of the molecule is Cc1nn(-c2ccc(=O)[nH]n2)c2c1[C@H](c1cccc(Cl)c1Cl)CC(=O)N2. The number of hydrogen-bond acceptors (Lipinski definition) is 4. The Balaban J connectivity index is 1.91. The first-order valence-electron chi connectivity index (χ1n) is 7.85. The van der Waals surface area contributed by atoms with Crippen LogP contribution in [0.15, 0.2) is 35.1 Å². The number of aromatic amines is 1. The fraction of sp³-hybridized carbons (Fsp3) is 0.176. The van der Waals surface area contributed by atoms with Crippen LogP contribution in [0.1, 0.15) is 29.2 Å². The van der Waals surface area contributed by atoms with Crippen LogP contribution in [0.3, 0.4) is 0 Å². The summed E-state index contributed by atoms with van der Waals surface area (Å²) < 4.78 is 1.50. The Morgan fingerprint density at radius 3 is 2.73 bits per heavy atom. The summed E-state index contributed by atoms with van der Waals surface area (Å²) in [5, 5.41) is 14.6. The Labute approximate surface area is 157 Å².